The molecule has 0 aliphatic heterocycles. The van der Waals surface area contributed by atoms with Crippen molar-refractivity contribution in [1.82, 2.24) is 0 Å². The molecule has 0 spiro atoms. The van der Waals surface area contributed by atoms with Gasteiger partial charge in [0.15, 0.2) is 5.78 Å². The molecule has 0 amide bonds. The van der Waals surface area contributed by atoms with Crippen LogP contribution in [-0.4, -0.2) is 12.0 Å². The molecule has 0 N–H and O–H groups in total. The highest BCUT2D eigenvalue weighted by Gasteiger charge is 2.17. The summed E-state index contributed by atoms with van der Waals surface area (Å²) in [6, 6.07) is 9.65. The molecule has 2 heteroatoms. The van der Waals surface area contributed by atoms with Crippen LogP contribution >= 0.6 is 0 Å². The summed E-state index contributed by atoms with van der Waals surface area (Å²) in [5, 5.41) is 1.97. The fraction of sp³-hybridized carbons (Fsp3) is 0.235. The zero-order chi connectivity index (χ0) is 13.4. The van der Waals surface area contributed by atoms with Crippen molar-refractivity contribution in [2.75, 3.05) is 0 Å². The molecule has 1 unspecified atom stereocenters. The number of benzene rings is 2. The predicted octanol–water partition coefficient (Wildman–Crippen LogP) is 4.34. The summed E-state index contributed by atoms with van der Waals surface area (Å²) in [5.41, 5.74) is 2.75. The maximum atomic E-state index is 13.6. The summed E-state index contributed by atoms with van der Waals surface area (Å²) in [5.74, 6) is 0.0301. The van der Waals surface area contributed by atoms with Crippen molar-refractivity contribution in [1.29, 1.82) is 0 Å². The van der Waals surface area contributed by atoms with Crippen LogP contribution < -0.4 is 0 Å². The van der Waals surface area contributed by atoms with Gasteiger partial charge >= 0.3 is 0 Å². The molecule has 3 rings (SSSR count). The maximum Gasteiger partial charge on any atom is 0.186 e. The second kappa shape index (κ2) is 4.61. The molecule has 1 aliphatic rings. The highest BCUT2D eigenvalue weighted by atomic mass is 19.1. The molecule has 0 saturated heterocycles. The van der Waals surface area contributed by atoms with Crippen LogP contribution in [0.15, 0.2) is 36.4 Å². The average molecular weight is 254 g/mol. The quantitative estimate of drug-likeness (QED) is 0.796. The molecule has 96 valence electrons. The Balaban J connectivity index is 2.23. The minimum atomic E-state index is -0.827. The number of ketones is 1. The van der Waals surface area contributed by atoms with Gasteiger partial charge in [-0.15, -0.1) is 0 Å². The summed E-state index contributed by atoms with van der Waals surface area (Å²) in [4.78, 5) is 11.9. The molecule has 19 heavy (non-hydrogen) atoms. The van der Waals surface area contributed by atoms with E-state index in [0.29, 0.717) is 12.8 Å². The lowest BCUT2D eigenvalue weighted by Gasteiger charge is -2.15. The molecular weight excluding hydrogens is 239 g/mol. The average Bonchev–Trinajstić information content (AvgIpc) is 2.44. The molecule has 2 aromatic carbocycles. The van der Waals surface area contributed by atoms with Crippen molar-refractivity contribution < 1.29 is 9.18 Å². The Labute approximate surface area is 111 Å². The molecule has 0 saturated carbocycles. The third-order valence-electron chi connectivity index (χ3n) is 3.73. The van der Waals surface area contributed by atoms with E-state index in [9.17, 15) is 9.18 Å². The smallest absolute Gasteiger partial charge is 0.186 e. The van der Waals surface area contributed by atoms with Crippen molar-refractivity contribution in [2.45, 2.75) is 25.9 Å². The van der Waals surface area contributed by atoms with Gasteiger partial charge in [0.2, 0.25) is 0 Å². The van der Waals surface area contributed by atoms with Gasteiger partial charge in [-0.05, 0) is 29.0 Å². The van der Waals surface area contributed by atoms with Crippen molar-refractivity contribution in [2.24, 2.45) is 0 Å². The number of allylic oxidation sites excluding steroid dienone is 1. The molecule has 0 fully saturated rings. The molecule has 1 aliphatic carbocycles. The SMILES string of the molecule is CCC(F)Cc1ccc2c3c(cccc13)C(=O)C=C2. The van der Waals surface area contributed by atoms with E-state index in [-0.39, 0.29) is 5.78 Å². The van der Waals surface area contributed by atoms with Crippen molar-refractivity contribution in [3.63, 3.8) is 0 Å². The zero-order valence-electron chi connectivity index (χ0n) is 10.8. The van der Waals surface area contributed by atoms with E-state index in [0.717, 1.165) is 27.5 Å². The molecule has 2 aromatic rings. The lowest BCUT2D eigenvalue weighted by molar-refractivity contribution is 0.104. The molecule has 0 heterocycles. The van der Waals surface area contributed by atoms with Gasteiger partial charge in [-0.1, -0.05) is 43.3 Å². The van der Waals surface area contributed by atoms with Crippen molar-refractivity contribution in [3.8, 4) is 0 Å². The van der Waals surface area contributed by atoms with E-state index >= 15 is 0 Å². The summed E-state index contributed by atoms with van der Waals surface area (Å²) in [6.07, 6.45) is 3.54. The first-order valence-corrected chi connectivity index (χ1v) is 6.61. The van der Waals surface area contributed by atoms with Crippen molar-refractivity contribution in [3.05, 3.63) is 53.1 Å². The first-order chi connectivity index (χ1) is 9.20. The first-order valence-electron chi connectivity index (χ1n) is 6.61. The Morgan fingerprint density at radius 1 is 1.16 bits per heavy atom. The van der Waals surface area contributed by atoms with Crippen molar-refractivity contribution >= 4 is 22.6 Å². The highest BCUT2D eigenvalue weighted by molar-refractivity contribution is 6.20. The number of carbonyl (C=O) groups excluding carboxylic acids is 1. The van der Waals surface area contributed by atoms with Gasteiger partial charge in [-0.3, -0.25) is 4.79 Å². The Hall–Kier alpha value is -1.96. The lowest BCUT2D eigenvalue weighted by atomic mass is 9.88. The van der Waals surface area contributed by atoms with E-state index in [4.69, 9.17) is 0 Å². The van der Waals surface area contributed by atoms with Crippen LogP contribution in [0.2, 0.25) is 0 Å². The lowest BCUT2D eigenvalue weighted by Crippen LogP contribution is -2.06. The Morgan fingerprint density at radius 3 is 2.79 bits per heavy atom. The van der Waals surface area contributed by atoms with Crippen LogP contribution in [-0.2, 0) is 6.42 Å². The van der Waals surface area contributed by atoms with Gasteiger partial charge < -0.3 is 0 Å². The number of hydrogen-bond donors (Lipinski definition) is 0. The number of rotatable bonds is 3. The third-order valence-corrected chi connectivity index (χ3v) is 3.73. The molecule has 1 atom stereocenters. The van der Waals surface area contributed by atoms with Gasteiger partial charge in [-0.25, -0.2) is 4.39 Å². The third kappa shape index (κ3) is 1.97. The van der Waals surface area contributed by atoms with Crippen LogP contribution in [0.4, 0.5) is 4.39 Å². The largest absolute Gasteiger partial charge is 0.289 e. The number of hydrogen-bond acceptors (Lipinski definition) is 1. The Bertz CT molecular complexity index is 685. The summed E-state index contributed by atoms with van der Waals surface area (Å²) < 4.78 is 13.6. The standard InChI is InChI=1S/C17H15FO/c1-2-13(18)10-12-7-6-11-8-9-16(19)15-5-3-4-14(12)17(11)15/h3-9,13H,2,10H2,1H3. The van der Waals surface area contributed by atoms with Gasteiger partial charge in [-0.2, -0.15) is 0 Å². The monoisotopic (exact) mass is 254 g/mol. The fourth-order valence-corrected chi connectivity index (χ4v) is 2.65. The van der Waals surface area contributed by atoms with Gasteiger partial charge in [0.1, 0.15) is 6.17 Å². The van der Waals surface area contributed by atoms with E-state index in [1.54, 1.807) is 6.08 Å². The summed E-state index contributed by atoms with van der Waals surface area (Å²) in [7, 11) is 0. The van der Waals surface area contributed by atoms with Crippen LogP contribution in [0.3, 0.4) is 0 Å². The van der Waals surface area contributed by atoms with E-state index < -0.39 is 6.17 Å². The zero-order valence-corrected chi connectivity index (χ0v) is 10.8. The molecule has 0 aromatic heterocycles. The maximum absolute atomic E-state index is 13.6. The molecular formula is C17H15FO. The van der Waals surface area contributed by atoms with Crippen LogP contribution in [0.25, 0.3) is 16.8 Å². The van der Waals surface area contributed by atoms with Crippen LogP contribution in [0, 0.1) is 0 Å². The van der Waals surface area contributed by atoms with Crippen LogP contribution in [0.1, 0.15) is 34.8 Å². The Morgan fingerprint density at radius 2 is 2.00 bits per heavy atom. The number of halogens is 1. The summed E-state index contributed by atoms with van der Waals surface area (Å²) in [6.45, 7) is 1.85. The second-order valence-electron chi connectivity index (χ2n) is 4.95. The van der Waals surface area contributed by atoms with E-state index in [1.165, 1.54) is 0 Å². The van der Waals surface area contributed by atoms with E-state index in [2.05, 4.69) is 0 Å². The predicted molar refractivity (Wildman–Crippen MR) is 76.2 cm³/mol. The highest BCUT2D eigenvalue weighted by Crippen LogP contribution is 2.31. The Kier molecular flexibility index (Phi) is 2.94. The number of carbonyl (C=O) groups is 1. The topological polar surface area (TPSA) is 17.1 Å². The molecule has 0 radical (unpaired) electrons. The van der Waals surface area contributed by atoms with E-state index in [1.807, 2.05) is 43.3 Å². The minimum absolute atomic E-state index is 0.0301. The summed E-state index contributed by atoms with van der Waals surface area (Å²) >= 11 is 0. The van der Waals surface area contributed by atoms with Gasteiger partial charge in [0, 0.05) is 17.4 Å². The van der Waals surface area contributed by atoms with Crippen LogP contribution in [0.5, 0.6) is 0 Å². The minimum Gasteiger partial charge on any atom is -0.289 e. The fourth-order valence-electron chi connectivity index (χ4n) is 2.65. The first kappa shape index (κ1) is 12.1. The normalized spacial score (nSPS) is 14.9. The molecule has 0 bridgehead atoms. The van der Waals surface area contributed by atoms with Gasteiger partial charge in [0.05, 0.1) is 0 Å². The number of alkyl halides is 1. The second-order valence-corrected chi connectivity index (χ2v) is 4.95. The molecule has 1 nitrogen and oxygen atoms in total. The van der Waals surface area contributed by atoms with Gasteiger partial charge in [0.25, 0.3) is 0 Å².